The summed E-state index contributed by atoms with van der Waals surface area (Å²) >= 11 is 11.6. The number of rotatable bonds is 1. The van der Waals surface area contributed by atoms with E-state index in [1.807, 2.05) is 6.07 Å². The lowest BCUT2D eigenvalue weighted by atomic mass is 10.2. The van der Waals surface area contributed by atoms with Crippen LogP contribution in [0.25, 0.3) is 0 Å². The summed E-state index contributed by atoms with van der Waals surface area (Å²) in [5.74, 6) is 0.642. The minimum absolute atomic E-state index is 0.538. The maximum Gasteiger partial charge on any atom is 0.129 e. The average Bonchev–Trinajstić information content (AvgIpc) is 2.76. The van der Waals surface area contributed by atoms with E-state index in [-0.39, 0.29) is 0 Å². The van der Waals surface area contributed by atoms with Gasteiger partial charge < -0.3 is 0 Å². The van der Waals surface area contributed by atoms with Gasteiger partial charge in [-0.05, 0) is 30.4 Å². The Balaban J connectivity index is 2.42. The minimum atomic E-state index is 0.538. The maximum atomic E-state index is 5.91. The van der Waals surface area contributed by atoms with Crippen molar-refractivity contribution in [2.24, 2.45) is 0 Å². The van der Waals surface area contributed by atoms with E-state index in [1.165, 1.54) is 12.8 Å². The van der Waals surface area contributed by atoms with Crippen LogP contribution in [0.2, 0.25) is 10.2 Å². The Morgan fingerprint density at radius 2 is 2.09 bits per heavy atom. The molecular formula is C8H7Cl2N. The molecule has 1 aromatic heterocycles. The normalized spacial score (nSPS) is 16.9. The summed E-state index contributed by atoms with van der Waals surface area (Å²) in [7, 11) is 0. The minimum Gasteiger partial charge on any atom is -0.243 e. The van der Waals surface area contributed by atoms with E-state index in [9.17, 15) is 0 Å². The molecule has 0 radical (unpaired) electrons. The standard InChI is InChI=1S/C8H7Cl2N/c9-7-4-11-8(10)3-6(7)5-1-2-5/h3-5H,1-2H2. The third kappa shape index (κ3) is 1.49. The van der Waals surface area contributed by atoms with Gasteiger partial charge >= 0.3 is 0 Å². The number of halogens is 2. The Labute approximate surface area is 75.3 Å². The van der Waals surface area contributed by atoms with Gasteiger partial charge in [0.25, 0.3) is 0 Å². The summed E-state index contributed by atoms with van der Waals surface area (Å²) in [4.78, 5) is 3.88. The van der Waals surface area contributed by atoms with E-state index in [4.69, 9.17) is 23.2 Å². The molecule has 0 atom stereocenters. The second-order valence-corrected chi connectivity index (χ2v) is 3.60. The van der Waals surface area contributed by atoms with Crippen LogP contribution in [0.5, 0.6) is 0 Å². The number of hydrogen-bond donors (Lipinski definition) is 0. The molecule has 1 saturated carbocycles. The SMILES string of the molecule is Clc1cc(C2CC2)c(Cl)cn1. The molecule has 1 aliphatic rings. The molecule has 1 heterocycles. The molecular weight excluding hydrogens is 181 g/mol. The predicted octanol–water partition coefficient (Wildman–Crippen LogP) is 3.27. The topological polar surface area (TPSA) is 12.9 Å². The predicted molar refractivity (Wildman–Crippen MR) is 46.2 cm³/mol. The number of hydrogen-bond acceptors (Lipinski definition) is 1. The third-order valence-electron chi connectivity index (χ3n) is 1.87. The fraction of sp³-hybridized carbons (Fsp3) is 0.375. The van der Waals surface area contributed by atoms with Gasteiger partial charge in [0, 0.05) is 6.20 Å². The van der Waals surface area contributed by atoms with Crippen molar-refractivity contribution >= 4 is 23.2 Å². The summed E-state index contributed by atoms with van der Waals surface area (Å²) < 4.78 is 0. The Morgan fingerprint density at radius 3 is 2.73 bits per heavy atom. The van der Waals surface area contributed by atoms with Crippen LogP contribution in [-0.4, -0.2) is 4.98 Å². The van der Waals surface area contributed by atoms with Gasteiger partial charge in [0.15, 0.2) is 0 Å². The highest BCUT2D eigenvalue weighted by Crippen LogP contribution is 2.43. The molecule has 0 aliphatic heterocycles. The lowest BCUT2D eigenvalue weighted by Crippen LogP contribution is -1.83. The molecule has 0 unspecified atom stereocenters. The van der Waals surface area contributed by atoms with Gasteiger partial charge in [-0.15, -0.1) is 0 Å². The van der Waals surface area contributed by atoms with Crippen molar-refractivity contribution in [3.63, 3.8) is 0 Å². The van der Waals surface area contributed by atoms with Gasteiger partial charge in [-0.3, -0.25) is 0 Å². The summed E-state index contributed by atoms with van der Waals surface area (Å²) in [5.41, 5.74) is 1.16. The van der Waals surface area contributed by atoms with Gasteiger partial charge in [0.05, 0.1) is 5.02 Å². The van der Waals surface area contributed by atoms with Crippen molar-refractivity contribution in [3.05, 3.63) is 28.0 Å². The Morgan fingerprint density at radius 1 is 1.36 bits per heavy atom. The summed E-state index contributed by atoms with van der Waals surface area (Å²) in [6.07, 6.45) is 4.09. The molecule has 2 rings (SSSR count). The molecule has 0 aromatic carbocycles. The lowest BCUT2D eigenvalue weighted by Gasteiger charge is -2.00. The highest BCUT2D eigenvalue weighted by atomic mass is 35.5. The first kappa shape index (κ1) is 7.38. The molecule has 0 saturated heterocycles. The Bertz CT molecular complexity index is 281. The molecule has 1 aromatic rings. The van der Waals surface area contributed by atoms with E-state index in [1.54, 1.807) is 6.20 Å². The molecule has 3 heteroatoms. The van der Waals surface area contributed by atoms with Crippen LogP contribution in [0.1, 0.15) is 24.3 Å². The van der Waals surface area contributed by atoms with Gasteiger partial charge in [0.2, 0.25) is 0 Å². The van der Waals surface area contributed by atoms with Crippen LogP contribution in [0.3, 0.4) is 0 Å². The van der Waals surface area contributed by atoms with E-state index in [0.29, 0.717) is 11.1 Å². The van der Waals surface area contributed by atoms with Gasteiger partial charge in [-0.2, -0.15) is 0 Å². The van der Waals surface area contributed by atoms with E-state index < -0.39 is 0 Å². The quantitative estimate of drug-likeness (QED) is 0.616. The van der Waals surface area contributed by atoms with Gasteiger partial charge in [-0.1, -0.05) is 23.2 Å². The monoisotopic (exact) mass is 187 g/mol. The van der Waals surface area contributed by atoms with Crippen LogP contribution in [0, 0.1) is 0 Å². The first-order valence-corrected chi connectivity index (χ1v) is 4.34. The molecule has 1 nitrogen and oxygen atoms in total. The molecule has 1 aliphatic carbocycles. The highest BCUT2D eigenvalue weighted by Gasteiger charge is 2.25. The zero-order valence-corrected chi connectivity index (χ0v) is 7.36. The Hall–Kier alpha value is -0.270. The molecule has 11 heavy (non-hydrogen) atoms. The molecule has 0 N–H and O–H groups in total. The summed E-state index contributed by atoms with van der Waals surface area (Å²) in [6, 6.07) is 1.86. The van der Waals surface area contributed by atoms with E-state index in [0.717, 1.165) is 10.6 Å². The largest absolute Gasteiger partial charge is 0.243 e. The van der Waals surface area contributed by atoms with E-state index >= 15 is 0 Å². The lowest BCUT2D eigenvalue weighted by molar-refractivity contribution is 1.11. The molecule has 1 fully saturated rings. The van der Waals surface area contributed by atoms with Gasteiger partial charge in [-0.25, -0.2) is 4.98 Å². The average molecular weight is 188 g/mol. The van der Waals surface area contributed by atoms with Gasteiger partial charge in [0.1, 0.15) is 5.15 Å². The highest BCUT2D eigenvalue weighted by molar-refractivity contribution is 6.32. The zero-order valence-electron chi connectivity index (χ0n) is 5.85. The smallest absolute Gasteiger partial charge is 0.129 e. The number of pyridine rings is 1. The first-order chi connectivity index (χ1) is 5.27. The van der Waals surface area contributed by atoms with Crippen LogP contribution in [0.15, 0.2) is 12.3 Å². The maximum absolute atomic E-state index is 5.91. The van der Waals surface area contributed by atoms with Crippen molar-refractivity contribution in [2.45, 2.75) is 18.8 Å². The third-order valence-corrected chi connectivity index (χ3v) is 2.39. The fourth-order valence-electron chi connectivity index (χ4n) is 1.13. The van der Waals surface area contributed by atoms with Crippen molar-refractivity contribution < 1.29 is 0 Å². The van der Waals surface area contributed by atoms with Crippen LogP contribution < -0.4 is 0 Å². The van der Waals surface area contributed by atoms with Crippen molar-refractivity contribution in [1.82, 2.24) is 4.98 Å². The number of nitrogens with zero attached hydrogens (tertiary/aromatic N) is 1. The first-order valence-electron chi connectivity index (χ1n) is 3.58. The van der Waals surface area contributed by atoms with Crippen molar-refractivity contribution in [1.29, 1.82) is 0 Å². The number of aromatic nitrogens is 1. The van der Waals surface area contributed by atoms with Crippen molar-refractivity contribution in [2.75, 3.05) is 0 Å². The van der Waals surface area contributed by atoms with E-state index in [2.05, 4.69) is 4.98 Å². The zero-order chi connectivity index (χ0) is 7.84. The Kier molecular flexibility index (Phi) is 1.78. The second-order valence-electron chi connectivity index (χ2n) is 2.80. The van der Waals surface area contributed by atoms with Crippen molar-refractivity contribution in [3.8, 4) is 0 Å². The molecule has 0 amide bonds. The summed E-state index contributed by atoms with van der Waals surface area (Å²) in [6.45, 7) is 0. The second kappa shape index (κ2) is 2.65. The van der Waals surface area contributed by atoms with Crippen LogP contribution in [-0.2, 0) is 0 Å². The van der Waals surface area contributed by atoms with Crippen LogP contribution in [0.4, 0.5) is 0 Å². The fourth-order valence-corrected chi connectivity index (χ4v) is 1.56. The van der Waals surface area contributed by atoms with Crippen LogP contribution >= 0.6 is 23.2 Å². The summed E-state index contributed by atoms with van der Waals surface area (Å²) in [5, 5.41) is 1.29. The molecule has 58 valence electrons. The molecule has 0 bridgehead atoms. The molecule has 0 spiro atoms.